The van der Waals surface area contributed by atoms with E-state index in [1.807, 2.05) is 0 Å². The molecule has 0 N–H and O–H groups in total. The summed E-state index contributed by atoms with van der Waals surface area (Å²) in [6, 6.07) is 25.0. The van der Waals surface area contributed by atoms with Gasteiger partial charge in [-0.25, -0.2) is 0 Å². The Morgan fingerprint density at radius 2 is 0.938 bits per heavy atom. The first-order valence-corrected chi connectivity index (χ1v) is 18.4. The summed E-state index contributed by atoms with van der Waals surface area (Å²) in [4.78, 5) is 0. The SMILES string of the molecule is C#Cc1ccc2cc3c([Si](C)(C)C)c4cc5ccccc5cc4c([Si](C)(C)C)c3cc2c1. The quantitative estimate of drug-likeness (QED) is 0.151. The van der Waals surface area contributed by atoms with Crippen LogP contribution in [0.3, 0.4) is 0 Å². The Labute approximate surface area is 193 Å². The minimum absolute atomic E-state index is 0.948. The van der Waals surface area contributed by atoms with Gasteiger partial charge >= 0.3 is 0 Å². The van der Waals surface area contributed by atoms with Gasteiger partial charge in [-0.3, -0.25) is 0 Å². The van der Waals surface area contributed by atoms with Gasteiger partial charge in [0.2, 0.25) is 0 Å². The topological polar surface area (TPSA) is 0 Å². The van der Waals surface area contributed by atoms with E-state index in [1.54, 1.807) is 10.4 Å². The van der Waals surface area contributed by atoms with E-state index in [-0.39, 0.29) is 0 Å². The molecule has 0 bridgehead atoms. The molecule has 0 nitrogen and oxygen atoms in total. The lowest BCUT2D eigenvalue weighted by molar-refractivity contribution is 1.71. The van der Waals surface area contributed by atoms with Crippen LogP contribution in [-0.4, -0.2) is 16.1 Å². The fourth-order valence-corrected chi connectivity index (χ4v) is 9.42. The maximum absolute atomic E-state index is 5.72. The van der Waals surface area contributed by atoms with Crippen LogP contribution in [0.25, 0.3) is 43.1 Å². The maximum Gasteiger partial charge on any atom is 0.0792 e. The average molecular weight is 447 g/mol. The predicted octanol–water partition coefficient (Wildman–Crippen LogP) is 7.37. The summed E-state index contributed by atoms with van der Waals surface area (Å²) in [5, 5.41) is 14.1. The summed E-state index contributed by atoms with van der Waals surface area (Å²) in [5.41, 5.74) is 0.948. The lowest BCUT2D eigenvalue weighted by Crippen LogP contribution is -2.44. The lowest BCUT2D eigenvalue weighted by Gasteiger charge is -2.29. The third kappa shape index (κ3) is 3.28. The molecule has 0 radical (unpaired) electrons. The van der Waals surface area contributed by atoms with E-state index in [0.29, 0.717) is 0 Å². The summed E-state index contributed by atoms with van der Waals surface area (Å²) in [7, 11) is -3.32. The highest BCUT2D eigenvalue weighted by Crippen LogP contribution is 2.32. The number of rotatable bonds is 2. The van der Waals surface area contributed by atoms with E-state index in [2.05, 4.69) is 112 Å². The fraction of sp³-hybridized carbons (Fsp3) is 0.200. The Bertz CT molecular complexity index is 1590. The second-order valence-electron chi connectivity index (χ2n) is 11.1. The first kappa shape index (κ1) is 21.0. The molecule has 5 aromatic carbocycles. The molecule has 0 aliphatic carbocycles. The van der Waals surface area contributed by atoms with Crippen molar-refractivity contribution in [1.29, 1.82) is 0 Å². The molecule has 5 rings (SSSR count). The number of hydrogen-bond donors (Lipinski definition) is 0. The lowest BCUT2D eigenvalue weighted by atomic mass is 9.96. The van der Waals surface area contributed by atoms with Crippen molar-refractivity contribution in [3.63, 3.8) is 0 Å². The van der Waals surface area contributed by atoms with Crippen LogP contribution in [0.5, 0.6) is 0 Å². The van der Waals surface area contributed by atoms with Crippen LogP contribution < -0.4 is 10.4 Å². The molecule has 0 aliphatic heterocycles. The number of fused-ring (bicyclic) bond motifs is 4. The molecule has 0 spiro atoms. The number of hydrogen-bond acceptors (Lipinski definition) is 0. The molecule has 0 atom stereocenters. The average Bonchev–Trinajstić information content (AvgIpc) is 2.72. The second kappa shape index (κ2) is 7.07. The molecule has 5 aromatic rings. The van der Waals surface area contributed by atoms with Gasteiger partial charge in [-0.05, 0) is 89.9 Å². The molecular formula is C30H30Si2. The van der Waals surface area contributed by atoms with Crippen molar-refractivity contribution in [3.8, 4) is 12.3 Å². The van der Waals surface area contributed by atoms with Crippen LogP contribution >= 0.6 is 0 Å². The maximum atomic E-state index is 5.72. The molecule has 158 valence electrons. The van der Waals surface area contributed by atoms with Crippen molar-refractivity contribution in [2.45, 2.75) is 39.3 Å². The Hall–Kier alpha value is -2.87. The smallest absolute Gasteiger partial charge is 0.0792 e. The van der Waals surface area contributed by atoms with Crippen LogP contribution in [0.15, 0.2) is 66.7 Å². The number of benzene rings is 5. The highest BCUT2D eigenvalue weighted by atomic mass is 28.3. The van der Waals surface area contributed by atoms with Crippen LogP contribution in [0.1, 0.15) is 5.56 Å². The van der Waals surface area contributed by atoms with Crippen molar-refractivity contribution < 1.29 is 0 Å². The molecule has 0 heterocycles. The van der Waals surface area contributed by atoms with Gasteiger partial charge in [-0.1, -0.05) is 75.5 Å². The summed E-state index contributed by atoms with van der Waals surface area (Å²) >= 11 is 0. The Kier molecular flexibility index (Phi) is 4.64. The van der Waals surface area contributed by atoms with E-state index in [0.717, 1.165) is 5.56 Å². The molecule has 0 fully saturated rings. The van der Waals surface area contributed by atoms with E-state index in [4.69, 9.17) is 6.42 Å². The first-order chi connectivity index (χ1) is 15.1. The van der Waals surface area contributed by atoms with Gasteiger partial charge in [0.25, 0.3) is 0 Å². The van der Waals surface area contributed by atoms with Gasteiger partial charge < -0.3 is 0 Å². The zero-order chi connectivity index (χ0) is 22.8. The van der Waals surface area contributed by atoms with E-state index in [9.17, 15) is 0 Å². The van der Waals surface area contributed by atoms with E-state index >= 15 is 0 Å². The van der Waals surface area contributed by atoms with Crippen molar-refractivity contribution in [2.24, 2.45) is 0 Å². The zero-order valence-corrected chi connectivity index (χ0v) is 21.9. The molecule has 2 heteroatoms. The van der Waals surface area contributed by atoms with Crippen LogP contribution in [0.4, 0.5) is 0 Å². The van der Waals surface area contributed by atoms with Gasteiger partial charge in [-0.15, -0.1) is 6.42 Å². The normalized spacial score (nSPS) is 12.7. The third-order valence-corrected chi connectivity index (χ3v) is 10.7. The van der Waals surface area contributed by atoms with E-state index in [1.165, 1.54) is 43.1 Å². The first-order valence-electron chi connectivity index (χ1n) is 11.4. The van der Waals surface area contributed by atoms with Gasteiger partial charge in [-0.2, -0.15) is 0 Å². The Balaban J connectivity index is 2.11. The molecule has 0 unspecified atom stereocenters. The molecule has 0 aromatic heterocycles. The van der Waals surface area contributed by atoms with Crippen molar-refractivity contribution >= 4 is 69.6 Å². The molecule has 0 aliphatic rings. The monoisotopic (exact) mass is 446 g/mol. The van der Waals surface area contributed by atoms with Gasteiger partial charge in [0, 0.05) is 5.56 Å². The molecule has 0 amide bonds. The second-order valence-corrected chi connectivity index (χ2v) is 21.1. The Morgan fingerprint density at radius 1 is 0.531 bits per heavy atom. The highest BCUT2D eigenvalue weighted by Gasteiger charge is 2.29. The predicted molar refractivity (Wildman–Crippen MR) is 150 cm³/mol. The molecule has 32 heavy (non-hydrogen) atoms. The molecule has 0 saturated carbocycles. The fourth-order valence-electron chi connectivity index (χ4n) is 5.36. The van der Waals surface area contributed by atoms with Crippen molar-refractivity contribution in [2.75, 3.05) is 0 Å². The molecule has 0 saturated heterocycles. The van der Waals surface area contributed by atoms with Crippen molar-refractivity contribution in [3.05, 3.63) is 72.3 Å². The standard InChI is InChI=1S/C30H30Si2/c1-8-20-13-14-23-18-27-28(19-24(23)15-20)30(32(5,6)7)26-17-22-12-10-9-11-21(22)16-25(26)29(27)31(2,3)4/h1,9-19H,2-7H3. The minimum Gasteiger partial charge on any atom is -0.115 e. The van der Waals surface area contributed by atoms with Gasteiger partial charge in [0.05, 0.1) is 16.1 Å². The summed E-state index contributed by atoms with van der Waals surface area (Å²) in [6.45, 7) is 14.9. The van der Waals surface area contributed by atoms with Crippen LogP contribution in [-0.2, 0) is 0 Å². The zero-order valence-electron chi connectivity index (χ0n) is 19.9. The highest BCUT2D eigenvalue weighted by molar-refractivity contribution is 6.95. The van der Waals surface area contributed by atoms with Gasteiger partial charge in [0.15, 0.2) is 0 Å². The minimum atomic E-state index is -1.67. The van der Waals surface area contributed by atoms with Gasteiger partial charge in [0.1, 0.15) is 0 Å². The summed E-state index contributed by atoms with van der Waals surface area (Å²) in [5.74, 6) is 2.81. The number of terminal acetylenes is 1. The Morgan fingerprint density at radius 3 is 1.34 bits per heavy atom. The van der Waals surface area contributed by atoms with Crippen LogP contribution in [0, 0.1) is 12.3 Å². The third-order valence-electron chi connectivity index (χ3n) is 6.61. The summed E-state index contributed by atoms with van der Waals surface area (Å²) < 4.78 is 0. The van der Waals surface area contributed by atoms with Crippen LogP contribution in [0.2, 0.25) is 39.3 Å². The molecular weight excluding hydrogens is 417 g/mol. The summed E-state index contributed by atoms with van der Waals surface area (Å²) in [6.07, 6.45) is 5.72. The largest absolute Gasteiger partial charge is 0.115 e. The van der Waals surface area contributed by atoms with E-state index < -0.39 is 16.1 Å². The van der Waals surface area contributed by atoms with Crippen molar-refractivity contribution in [1.82, 2.24) is 0 Å².